The van der Waals surface area contributed by atoms with Crippen LogP contribution in [-0.2, 0) is 13.1 Å². The van der Waals surface area contributed by atoms with Gasteiger partial charge in [0.1, 0.15) is 28.8 Å². The van der Waals surface area contributed by atoms with Gasteiger partial charge in [-0.25, -0.2) is 9.37 Å². The Morgan fingerprint density at radius 1 is 1.16 bits per heavy atom. The number of aromatic nitrogens is 2. The van der Waals surface area contributed by atoms with Crippen LogP contribution in [0.15, 0.2) is 71.4 Å². The molecule has 0 aliphatic rings. The number of benzene rings is 2. The molecule has 4 aromatic rings. The van der Waals surface area contributed by atoms with Crippen molar-refractivity contribution < 1.29 is 9.13 Å². The van der Waals surface area contributed by atoms with Crippen molar-refractivity contribution >= 4 is 21.6 Å². The molecule has 4 rings (SSSR count). The van der Waals surface area contributed by atoms with E-state index in [-0.39, 0.29) is 11.4 Å². The van der Waals surface area contributed by atoms with Crippen LogP contribution in [0.3, 0.4) is 0 Å². The molecule has 0 bridgehead atoms. The molecular weight excluding hydrogens is 413 g/mol. The second kappa shape index (κ2) is 9.24. The van der Waals surface area contributed by atoms with E-state index in [4.69, 9.17) is 4.74 Å². The molecule has 0 atom stereocenters. The van der Waals surface area contributed by atoms with E-state index in [1.165, 1.54) is 23.5 Å². The number of aromatic amines is 1. The molecule has 0 fully saturated rings. The van der Waals surface area contributed by atoms with E-state index in [2.05, 4.69) is 21.4 Å². The predicted octanol–water partition coefficient (Wildman–Crippen LogP) is 4.99. The lowest BCUT2D eigenvalue weighted by Crippen LogP contribution is -2.21. The first-order valence-corrected chi connectivity index (χ1v) is 10.7. The molecule has 2 aromatic carbocycles. The first-order valence-electron chi connectivity index (χ1n) is 9.81. The summed E-state index contributed by atoms with van der Waals surface area (Å²) in [6, 6.07) is 14.0. The van der Waals surface area contributed by atoms with Crippen LogP contribution in [0.2, 0.25) is 0 Å². The topological polar surface area (TPSA) is 58.2 Å². The number of nitrogens with one attached hydrogen (secondary N) is 1. The van der Waals surface area contributed by atoms with Crippen LogP contribution in [0.25, 0.3) is 21.3 Å². The van der Waals surface area contributed by atoms with Gasteiger partial charge in [-0.3, -0.25) is 9.69 Å². The van der Waals surface area contributed by atoms with E-state index in [0.29, 0.717) is 35.7 Å². The van der Waals surface area contributed by atoms with Gasteiger partial charge in [0.05, 0.1) is 11.9 Å². The molecular formula is C24H22FN3O2S. The number of rotatable bonds is 8. The van der Waals surface area contributed by atoms with Gasteiger partial charge in [0.15, 0.2) is 0 Å². The molecule has 158 valence electrons. The van der Waals surface area contributed by atoms with E-state index in [9.17, 15) is 9.18 Å². The largest absolute Gasteiger partial charge is 0.490 e. The summed E-state index contributed by atoms with van der Waals surface area (Å²) < 4.78 is 18.7. The summed E-state index contributed by atoms with van der Waals surface area (Å²) >= 11 is 1.42. The van der Waals surface area contributed by atoms with Crippen LogP contribution in [0.1, 0.15) is 11.4 Å². The third-order valence-electron chi connectivity index (χ3n) is 4.81. The molecule has 0 radical (unpaired) electrons. The van der Waals surface area contributed by atoms with Gasteiger partial charge in [0.2, 0.25) is 0 Å². The number of halogens is 1. The average molecular weight is 436 g/mol. The second-order valence-corrected chi connectivity index (χ2v) is 8.12. The highest BCUT2D eigenvalue weighted by Crippen LogP contribution is 2.30. The van der Waals surface area contributed by atoms with Crippen molar-refractivity contribution in [2.75, 3.05) is 13.7 Å². The van der Waals surface area contributed by atoms with Gasteiger partial charge in [-0.05, 0) is 42.4 Å². The maximum atomic E-state index is 13.2. The van der Waals surface area contributed by atoms with Gasteiger partial charge < -0.3 is 9.72 Å². The number of nitrogens with zero attached hydrogens (tertiary/aromatic N) is 2. The Labute approximate surface area is 183 Å². The Balaban J connectivity index is 1.49. The van der Waals surface area contributed by atoms with Crippen LogP contribution < -0.4 is 10.3 Å². The van der Waals surface area contributed by atoms with Crippen LogP contribution in [0.5, 0.6) is 5.75 Å². The lowest BCUT2D eigenvalue weighted by atomic mass is 10.1. The fraction of sp³-hybridized carbons (Fsp3) is 0.167. The molecule has 2 heterocycles. The van der Waals surface area contributed by atoms with Crippen LogP contribution in [0.4, 0.5) is 4.39 Å². The molecule has 0 unspecified atom stereocenters. The van der Waals surface area contributed by atoms with Crippen molar-refractivity contribution in [2.24, 2.45) is 0 Å². The van der Waals surface area contributed by atoms with Crippen molar-refractivity contribution in [1.82, 2.24) is 14.9 Å². The lowest BCUT2D eigenvalue weighted by Gasteiger charge is -2.16. The summed E-state index contributed by atoms with van der Waals surface area (Å²) in [6.07, 6.45) is 1.71. The van der Waals surface area contributed by atoms with E-state index >= 15 is 0 Å². The van der Waals surface area contributed by atoms with E-state index in [1.54, 1.807) is 18.2 Å². The fourth-order valence-corrected chi connectivity index (χ4v) is 4.35. The molecule has 0 aliphatic carbocycles. The molecule has 7 heteroatoms. The highest BCUT2D eigenvalue weighted by Gasteiger charge is 2.14. The highest BCUT2D eigenvalue weighted by atomic mass is 32.1. The van der Waals surface area contributed by atoms with Gasteiger partial charge in [-0.2, -0.15) is 0 Å². The Morgan fingerprint density at radius 2 is 1.90 bits per heavy atom. The predicted molar refractivity (Wildman–Crippen MR) is 123 cm³/mol. The molecule has 1 N–H and O–H groups in total. The number of fused-ring (bicyclic) bond motifs is 1. The molecule has 31 heavy (non-hydrogen) atoms. The number of hydrogen-bond donors (Lipinski definition) is 1. The molecule has 0 saturated carbocycles. The van der Waals surface area contributed by atoms with Gasteiger partial charge >= 0.3 is 0 Å². The zero-order valence-electron chi connectivity index (χ0n) is 17.1. The van der Waals surface area contributed by atoms with Crippen molar-refractivity contribution in [1.29, 1.82) is 0 Å². The van der Waals surface area contributed by atoms with Crippen LogP contribution in [0, 0.1) is 5.82 Å². The number of ether oxygens (including phenoxy) is 1. The van der Waals surface area contributed by atoms with Crippen molar-refractivity contribution in [3.05, 3.63) is 94.1 Å². The SMILES string of the molecule is C=CCOc1ccc(CN(C)Cc2nc3scc(-c4ccc(F)cc4)c3c(=O)[nH]2)cc1. The molecule has 2 aromatic heterocycles. The summed E-state index contributed by atoms with van der Waals surface area (Å²) in [4.78, 5) is 23.1. The third-order valence-corrected chi connectivity index (χ3v) is 5.68. The van der Waals surface area contributed by atoms with Gasteiger partial charge in [0, 0.05) is 17.5 Å². The maximum absolute atomic E-state index is 13.2. The zero-order valence-corrected chi connectivity index (χ0v) is 17.9. The molecule has 0 saturated heterocycles. The highest BCUT2D eigenvalue weighted by molar-refractivity contribution is 7.17. The van der Waals surface area contributed by atoms with Crippen molar-refractivity contribution in [3.63, 3.8) is 0 Å². The minimum absolute atomic E-state index is 0.183. The standard InChI is InChI=1S/C24H22FN3O2S/c1-3-12-30-19-10-4-16(5-11-19)13-28(2)14-21-26-23(29)22-20(15-31-24(22)27-21)17-6-8-18(25)9-7-17/h3-11,15H,1,12-14H2,2H3,(H,26,27,29). The Kier molecular flexibility index (Phi) is 6.25. The first-order chi connectivity index (χ1) is 15.0. The summed E-state index contributed by atoms with van der Waals surface area (Å²) in [5.74, 6) is 1.11. The Hall–Kier alpha value is -3.29. The number of thiophene rings is 1. The van der Waals surface area contributed by atoms with Crippen LogP contribution >= 0.6 is 11.3 Å². The summed E-state index contributed by atoms with van der Waals surface area (Å²) in [5, 5.41) is 2.43. The maximum Gasteiger partial charge on any atom is 0.260 e. The Bertz CT molecular complexity index is 1250. The average Bonchev–Trinajstić information content (AvgIpc) is 3.18. The monoisotopic (exact) mass is 435 g/mol. The summed E-state index contributed by atoms with van der Waals surface area (Å²) in [7, 11) is 1.98. The van der Waals surface area contributed by atoms with Crippen molar-refractivity contribution in [2.45, 2.75) is 13.1 Å². The Morgan fingerprint density at radius 3 is 2.61 bits per heavy atom. The minimum Gasteiger partial charge on any atom is -0.490 e. The molecule has 5 nitrogen and oxygen atoms in total. The number of H-pyrrole nitrogens is 1. The fourth-order valence-electron chi connectivity index (χ4n) is 3.38. The number of hydrogen-bond acceptors (Lipinski definition) is 5. The van der Waals surface area contributed by atoms with Gasteiger partial charge in [-0.1, -0.05) is 36.9 Å². The van der Waals surface area contributed by atoms with E-state index in [1.807, 2.05) is 36.7 Å². The zero-order chi connectivity index (χ0) is 21.8. The molecule has 0 aliphatic heterocycles. The molecule has 0 spiro atoms. The lowest BCUT2D eigenvalue weighted by molar-refractivity contribution is 0.310. The minimum atomic E-state index is -0.306. The first kappa shape index (κ1) is 21.0. The second-order valence-electron chi connectivity index (χ2n) is 7.26. The van der Waals surface area contributed by atoms with Crippen LogP contribution in [-0.4, -0.2) is 28.5 Å². The third kappa shape index (κ3) is 4.90. The van der Waals surface area contributed by atoms with E-state index in [0.717, 1.165) is 22.4 Å². The smallest absolute Gasteiger partial charge is 0.260 e. The van der Waals surface area contributed by atoms with Gasteiger partial charge in [0.25, 0.3) is 5.56 Å². The summed E-state index contributed by atoms with van der Waals surface area (Å²) in [5.41, 5.74) is 2.52. The molecule has 0 amide bonds. The van der Waals surface area contributed by atoms with Crippen molar-refractivity contribution in [3.8, 4) is 16.9 Å². The summed E-state index contributed by atoms with van der Waals surface area (Å²) in [6.45, 7) is 5.33. The quantitative estimate of drug-likeness (QED) is 0.396. The van der Waals surface area contributed by atoms with E-state index < -0.39 is 0 Å². The normalized spacial score (nSPS) is 11.2. The van der Waals surface area contributed by atoms with Gasteiger partial charge in [-0.15, -0.1) is 11.3 Å².